The molecule has 1 atom stereocenters. The molecular weight excluding hydrogens is 218 g/mol. The van der Waals surface area contributed by atoms with Crippen molar-refractivity contribution in [3.63, 3.8) is 0 Å². The summed E-state index contributed by atoms with van der Waals surface area (Å²) >= 11 is 0. The van der Waals surface area contributed by atoms with E-state index in [1.807, 2.05) is 0 Å². The van der Waals surface area contributed by atoms with E-state index in [9.17, 15) is 0 Å². The van der Waals surface area contributed by atoms with Gasteiger partial charge in [-0.1, -0.05) is 56.7 Å². The zero-order chi connectivity index (χ0) is 13.4. The second-order valence-corrected chi connectivity index (χ2v) is 4.66. The number of benzene rings is 1. The number of hydrogen-bond acceptors (Lipinski definition) is 1. The lowest BCUT2D eigenvalue weighted by atomic mass is 10.1. The van der Waals surface area contributed by atoms with Gasteiger partial charge in [-0.15, -0.1) is 0 Å². The standard InChI is InChI=1S/C17H25N/c1-5-8-17(18(6-2)7-3)14-13-16-11-9-15(4)10-12-16/h9-12,17H,5-8H2,1-4H3. The predicted molar refractivity (Wildman–Crippen MR) is 79.7 cm³/mol. The van der Waals surface area contributed by atoms with Crippen molar-refractivity contribution in [3.8, 4) is 11.8 Å². The fourth-order valence-electron chi connectivity index (χ4n) is 2.09. The molecule has 1 nitrogen and oxygen atoms in total. The van der Waals surface area contributed by atoms with Gasteiger partial charge in [-0.2, -0.15) is 0 Å². The molecular formula is C17H25N. The van der Waals surface area contributed by atoms with Crippen molar-refractivity contribution in [2.75, 3.05) is 13.1 Å². The van der Waals surface area contributed by atoms with Gasteiger partial charge in [-0.25, -0.2) is 0 Å². The highest BCUT2D eigenvalue weighted by atomic mass is 15.1. The Morgan fingerprint density at radius 1 is 1.06 bits per heavy atom. The predicted octanol–water partition coefficient (Wildman–Crippen LogP) is 3.86. The van der Waals surface area contributed by atoms with Gasteiger partial charge in [0.2, 0.25) is 0 Å². The zero-order valence-corrected chi connectivity index (χ0v) is 12.2. The molecule has 0 aromatic heterocycles. The van der Waals surface area contributed by atoms with E-state index < -0.39 is 0 Å². The second kappa shape index (κ2) is 7.95. The van der Waals surface area contributed by atoms with Crippen LogP contribution in [0.5, 0.6) is 0 Å². The number of hydrogen-bond donors (Lipinski definition) is 0. The van der Waals surface area contributed by atoms with Crippen LogP contribution in [0.1, 0.15) is 44.7 Å². The summed E-state index contributed by atoms with van der Waals surface area (Å²) in [6, 6.07) is 8.85. The normalized spacial score (nSPS) is 12.1. The largest absolute Gasteiger partial charge is 0.290 e. The maximum Gasteiger partial charge on any atom is 0.0718 e. The SMILES string of the molecule is CCCC(C#Cc1ccc(C)cc1)N(CC)CC. The van der Waals surface area contributed by atoms with E-state index >= 15 is 0 Å². The Balaban J connectivity index is 2.80. The van der Waals surface area contributed by atoms with E-state index in [0.29, 0.717) is 6.04 Å². The Bertz CT molecular complexity index is 390. The van der Waals surface area contributed by atoms with Gasteiger partial charge >= 0.3 is 0 Å². The molecule has 0 spiro atoms. The van der Waals surface area contributed by atoms with Gasteiger partial charge < -0.3 is 0 Å². The van der Waals surface area contributed by atoms with Crippen molar-refractivity contribution in [2.24, 2.45) is 0 Å². The fourth-order valence-corrected chi connectivity index (χ4v) is 2.09. The van der Waals surface area contributed by atoms with Gasteiger partial charge in [-0.05, 0) is 38.6 Å². The van der Waals surface area contributed by atoms with Crippen LogP contribution in [0.3, 0.4) is 0 Å². The lowest BCUT2D eigenvalue weighted by Gasteiger charge is -2.24. The first kappa shape index (κ1) is 14.8. The van der Waals surface area contributed by atoms with Gasteiger partial charge in [-0.3, -0.25) is 4.90 Å². The fraction of sp³-hybridized carbons (Fsp3) is 0.529. The van der Waals surface area contributed by atoms with E-state index in [4.69, 9.17) is 0 Å². The summed E-state index contributed by atoms with van der Waals surface area (Å²) < 4.78 is 0. The maximum atomic E-state index is 3.43. The summed E-state index contributed by atoms with van der Waals surface area (Å²) in [6.07, 6.45) is 2.34. The molecule has 98 valence electrons. The number of nitrogens with zero attached hydrogens (tertiary/aromatic N) is 1. The van der Waals surface area contributed by atoms with Gasteiger partial charge in [0, 0.05) is 5.56 Å². The van der Waals surface area contributed by atoms with Crippen LogP contribution < -0.4 is 0 Å². The Morgan fingerprint density at radius 2 is 1.67 bits per heavy atom. The van der Waals surface area contributed by atoms with Crippen LogP contribution >= 0.6 is 0 Å². The number of rotatable bonds is 5. The van der Waals surface area contributed by atoms with Crippen LogP contribution in [0.2, 0.25) is 0 Å². The molecule has 0 aliphatic heterocycles. The Hall–Kier alpha value is -1.26. The highest BCUT2D eigenvalue weighted by Crippen LogP contribution is 2.07. The van der Waals surface area contributed by atoms with Crippen LogP contribution in [0.4, 0.5) is 0 Å². The summed E-state index contributed by atoms with van der Waals surface area (Å²) in [4.78, 5) is 2.44. The van der Waals surface area contributed by atoms with Crippen molar-refractivity contribution < 1.29 is 0 Å². The topological polar surface area (TPSA) is 3.24 Å². The molecule has 0 radical (unpaired) electrons. The second-order valence-electron chi connectivity index (χ2n) is 4.66. The minimum absolute atomic E-state index is 0.395. The smallest absolute Gasteiger partial charge is 0.0718 e. The Labute approximate surface area is 112 Å². The molecule has 0 saturated carbocycles. The van der Waals surface area contributed by atoms with Crippen molar-refractivity contribution in [1.29, 1.82) is 0 Å². The quantitative estimate of drug-likeness (QED) is 0.710. The van der Waals surface area contributed by atoms with E-state index in [-0.39, 0.29) is 0 Å². The third kappa shape index (κ3) is 4.55. The molecule has 1 unspecified atom stereocenters. The Morgan fingerprint density at radius 3 is 2.17 bits per heavy atom. The minimum Gasteiger partial charge on any atom is -0.290 e. The average Bonchev–Trinajstić information content (AvgIpc) is 2.39. The molecule has 0 heterocycles. The molecule has 0 saturated heterocycles. The van der Waals surface area contributed by atoms with Crippen LogP contribution in [0.15, 0.2) is 24.3 Å². The number of aryl methyl sites for hydroxylation is 1. The van der Waals surface area contributed by atoms with Crippen LogP contribution in [0.25, 0.3) is 0 Å². The lowest BCUT2D eigenvalue weighted by Crippen LogP contribution is -2.33. The first-order valence-corrected chi connectivity index (χ1v) is 7.03. The molecule has 0 amide bonds. The summed E-state index contributed by atoms with van der Waals surface area (Å²) in [5.74, 6) is 6.75. The van der Waals surface area contributed by atoms with Crippen LogP contribution in [-0.2, 0) is 0 Å². The van der Waals surface area contributed by atoms with Gasteiger partial charge in [0.15, 0.2) is 0 Å². The van der Waals surface area contributed by atoms with Crippen molar-refractivity contribution in [1.82, 2.24) is 4.90 Å². The molecule has 0 N–H and O–H groups in total. The monoisotopic (exact) mass is 243 g/mol. The van der Waals surface area contributed by atoms with Crippen molar-refractivity contribution >= 4 is 0 Å². The van der Waals surface area contributed by atoms with E-state index in [0.717, 1.165) is 25.1 Å². The van der Waals surface area contributed by atoms with Crippen molar-refractivity contribution in [2.45, 2.75) is 46.6 Å². The molecule has 1 rings (SSSR count). The third-order valence-corrected chi connectivity index (χ3v) is 3.25. The molecule has 0 aliphatic rings. The van der Waals surface area contributed by atoms with Crippen molar-refractivity contribution in [3.05, 3.63) is 35.4 Å². The summed E-state index contributed by atoms with van der Waals surface area (Å²) in [6.45, 7) is 10.9. The summed E-state index contributed by atoms with van der Waals surface area (Å²) in [7, 11) is 0. The van der Waals surface area contributed by atoms with E-state index in [1.165, 1.54) is 12.0 Å². The molecule has 0 fully saturated rings. The third-order valence-electron chi connectivity index (χ3n) is 3.25. The summed E-state index contributed by atoms with van der Waals surface area (Å²) in [5.41, 5.74) is 2.41. The highest BCUT2D eigenvalue weighted by Gasteiger charge is 2.11. The van der Waals surface area contributed by atoms with Gasteiger partial charge in [0.1, 0.15) is 0 Å². The molecule has 1 heteroatoms. The van der Waals surface area contributed by atoms with Crippen LogP contribution in [0, 0.1) is 18.8 Å². The molecule has 0 aliphatic carbocycles. The zero-order valence-electron chi connectivity index (χ0n) is 12.2. The van der Waals surface area contributed by atoms with Gasteiger partial charge in [0.25, 0.3) is 0 Å². The highest BCUT2D eigenvalue weighted by molar-refractivity contribution is 5.36. The Kier molecular flexibility index (Phi) is 6.54. The summed E-state index contributed by atoms with van der Waals surface area (Å²) in [5, 5.41) is 0. The average molecular weight is 243 g/mol. The van der Waals surface area contributed by atoms with Crippen LogP contribution in [-0.4, -0.2) is 24.0 Å². The first-order chi connectivity index (χ1) is 8.71. The van der Waals surface area contributed by atoms with E-state index in [1.54, 1.807) is 0 Å². The van der Waals surface area contributed by atoms with Gasteiger partial charge in [0.05, 0.1) is 6.04 Å². The first-order valence-electron chi connectivity index (χ1n) is 7.03. The maximum absolute atomic E-state index is 3.43. The molecule has 1 aromatic carbocycles. The molecule has 1 aromatic rings. The molecule has 0 bridgehead atoms. The van der Waals surface area contributed by atoms with E-state index in [2.05, 4.69) is 68.7 Å². The lowest BCUT2D eigenvalue weighted by molar-refractivity contribution is 0.250. The molecule has 18 heavy (non-hydrogen) atoms. The minimum atomic E-state index is 0.395.